The standard InChI is InChI=1S/C32H46N6O3S/c1-4-29-30(34-23-35-31(29)33-22-24-9-8-12-26(21-24)25-10-6-5-7-11-25)32(39)38-19-15-28(16-20-38)37-17-13-27(14-18-37)36(2)42(3,40)41/h4-7,10-11,23-24,26-28H,1,8-9,12-22H2,2-3H3,(H,33,34,35). The Hall–Kier alpha value is -2.82. The molecular formula is C32H46N6O3S. The number of nitrogens with one attached hydrogen (secondary N) is 1. The Morgan fingerprint density at radius 1 is 1.05 bits per heavy atom. The molecule has 2 atom stereocenters. The molecule has 5 rings (SSSR count). The van der Waals surface area contributed by atoms with E-state index >= 15 is 0 Å². The summed E-state index contributed by atoms with van der Waals surface area (Å²) in [5.41, 5.74) is 2.52. The number of sulfonamides is 1. The Balaban J connectivity index is 1.14. The number of carbonyl (C=O) groups excluding carboxylic acids is 1. The van der Waals surface area contributed by atoms with Crippen LogP contribution in [0.5, 0.6) is 0 Å². The van der Waals surface area contributed by atoms with Crippen molar-refractivity contribution in [2.75, 3.05) is 51.3 Å². The van der Waals surface area contributed by atoms with Gasteiger partial charge in [-0.25, -0.2) is 22.7 Å². The second kappa shape index (κ2) is 13.7. The third-order valence-corrected chi connectivity index (χ3v) is 11.1. The molecule has 2 aliphatic heterocycles. The van der Waals surface area contributed by atoms with Gasteiger partial charge >= 0.3 is 0 Å². The summed E-state index contributed by atoms with van der Waals surface area (Å²) in [5.74, 6) is 1.76. The fourth-order valence-corrected chi connectivity index (χ4v) is 7.87. The first kappa shape index (κ1) is 30.6. The van der Waals surface area contributed by atoms with E-state index < -0.39 is 10.0 Å². The molecule has 2 saturated heterocycles. The molecule has 0 radical (unpaired) electrons. The van der Waals surface area contributed by atoms with E-state index in [9.17, 15) is 13.2 Å². The maximum Gasteiger partial charge on any atom is 0.273 e. The van der Waals surface area contributed by atoms with Gasteiger partial charge in [0.2, 0.25) is 10.0 Å². The SMILES string of the molecule is C=Cc1c(NCC2CCCC(c3ccccc3)C2)ncnc1C(=O)N1CCC(N2CCC(N(C)S(C)(=O)=O)CC2)CC1. The molecule has 1 aliphatic carbocycles. The number of piperidine rings is 2. The Morgan fingerprint density at radius 3 is 2.43 bits per heavy atom. The van der Waals surface area contributed by atoms with Gasteiger partial charge in [0.15, 0.2) is 0 Å². The van der Waals surface area contributed by atoms with E-state index in [0.29, 0.717) is 48.0 Å². The van der Waals surface area contributed by atoms with Gasteiger partial charge in [-0.15, -0.1) is 0 Å². The van der Waals surface area contributed by atoms with Crippen LogP contribution in [0, 0.1) is 5.92 Å². The molecule has 0 spiro atoms. The second-order valence-corrected chi connectivity index (χ2v) is 14.3. The van der Waals surface area contributed by atoms with Crippen molar-refractivity contribution in [1.29, 1.82) is 0 Å². The number of nitrogens with zero attached hydrogens (tertiary/aromatic N) is 5. The van der Waals surface area contributed by atoms with Crippen molar-refractivity contribution in [2.24, 2.45) is 5.92 Å². The molecule has 1 saturated carbocycles. The molecule has 42 heavy (non-hydrogen) atoms. The van der Waals surface area contributed by atoms with Crippen LogP contribution in [0.15, 0.2) is 43.2 Å². The van der Waals surface area contributed by atoms with E-state index in [2.05, 4.69) is 57.1 Å². The zero-order chi connectivity index (χ0) is 29.7. The van der Waals surface area contributed by atoms with Gasteiger partial charge < -0.3 is 15.1 Å². The van der Waals surface area contributed by atoms with Gasteiger partial charge in [-0.3, -0.25) is 4.79 Å². The number of amides is 1. The van der Waals surface area contributed by atoms with Crippen molar-refractivity contribution in [3.63, 3.8) is 0 Å². The third-order valence-electron chi connectivity index (χ3n) is 9.71. The van der Waals surface area contributed by atoms with Crippen molar-refractivity contribution >= 4 is 27.8 Å². The minimum absolute atomic E-state index is 0.0657. The molecule has 1 aromatic carbocycles. The van der Waals surface area contributed by atoms with E-state index in [1.54, 1.807) is 13.1 Å². The van der Waals surface area contributed by atoms with Gasteiger partial charge in [0.25, 0.3) is 5.91 Å². The van der Waals surface area contributed by atoms with Gasteiger partial charge in [-0.05, 0) is 75.4 Å². The van der Waals surface area contributed by atoms with Crippen LogP contribution in [-0.4, -0.2) is 96.5 Å². The van der Waals surface area contributed by atoms with Crippen LogP contribution in [0.4, 0.5) is 5.82 Å². The minimum Gasteiger partial charge on any atom is -0.369 e. The first-order valence-electron chi connectivity index (χ1n) is 15.5. The molecule has 1 amide bonds. The maximum atomic E-state index is 13.6. The van der Waals surface area contributed by atoms with Crippen molar-refractivity contribution in [3.8, 4) is 0 Å². The molecule has 3 aliphatic rings. The normalized spacial score (nSPS) is 23.2. The highest BCUT2D eigenvalue weighted by Gasteiger charge is 2.33. The summed E-state index contributed by atoms with van der Waals surface area (Å²) in [4.78, 5) is 26.9. The molecule has 0 bridgehead atoms. The van der Waals surface area contributed by atoms with E-state index in [-0.39, 0.29) is 11.9 Å². The molecule has 3 fully saturated rings. The van der Waals surface area contributed by atoms with Crippen LogP contribution in [0.1, 0.15) is 78.9 Å². The Bertz CT molecular complexity index is 1320. The number of rotatable bonds is 9. The lowest BCUT2D eigenvalue weighted by Crippen LogP contribution is -2.52. The summed E-state index contributed by atoms with van der Waals surface area (Å²) in [5, 5.41) is 3.53. The van der Waals surface area contributed by atoms with E-state index in [1.807, 2.05) is 4.90 Å². The van der Waals surface area contributed by atoms with E-state index in [4.69, 9.17) is 0 Å². The molecule has 1 N–H and O–H groups in total. The molecule has 2 aromatic rings. The highest BCUT2D eigenvalue weighted by molar-refractivity contribution is 7.88. The largest absolute Gasteiger partial charge is 0.369 e. The summed E-state index contributed by atoms with van der Waals surface area (Å²) in [7, 11) is -1.49. The predicted molar refractivity (Wildman–Crippen MR) is 168 cm³/mol. The lowest BCUT2D eigenvalue weighted by atomic mass is 9.78. The molecule has 3 heterocycles. The highest BCUT2D eigenvalue weighted by Crippen LogP contribution is 2.36. The number of hydrogen-bond donors (Lipinski definition) is 1. The Kier molecular flexibility index (Phi) is 9.96. The summed E-state index contributed by atoms with van der Waals surface area (Å²) >= 11 is 0. The molecule has 9 nitrogen and oxygen atoms in total. The van der Waals surface area contributed by atoms with Crippen LogP contribution in [0.25, 0.3) is 6.08 Å². The molecular weight excluding hydrogens is 548 g/mol. The topological polar surface area (TPSA) is 98.7 Å². The van der Waals surface area contributed by atoms with Crippen LogP contribution < -0.4 is 5.32 Å². The predicted octanol–water partition coefficient (Wildman–Crippen LogP) is 4.47. The lowest BCUT2D eigenvalue weighted by molar-refractivity contribution is 0.0543. The Morgan fingerprint density at radius 2 is 1.76 bits per heavy atom. The molecule has 10 heteroatoms. The summed E-state index contributed by atoms with van der Waals surface area (Å²) in [6.07, 6.45) is 12.8. The van der Waals surface area contributed by atoms with Crippen molar-refractivity contribution in [1.82, 2.24) is 24.1 Å². The van der Waals surface area contributed by atoms with Gasteiger partial charge in [0.1, 0.15) is 17.8 Å². The molecule has 2 unspecified atom stereocenters. The summed E-state index contributed by atoms with van der Waals surface area (Å²) in [6, 6.07) is 11.3. The number of likely N-dealkylation sites (tertiary alicyclic amines) is 2. The monoisotopic (exact) mass is 594 g/mol. The van der Waals surface area contributed by atoms with Gasteiger partial charge in [0.05, 0.1) is 6.26 Å². The number of hydrogen-bond acceptors (Lipinski definition) is 7. The lowest BCUT2D eigenvalue weighted by Gasteiger charge is -2.43. The van der Waals surface area contributed by atoms with Crippen molar-refractivity contribution in [2.45, 2.75) is 69.4 Å². The van der Waals surface area contributed by atoms with Gasteiger partial charge in [-0.2, -0.15) is 0 Å². The number of anilines is 1. The van der Waals surface area contributed by atoms with Crippen LogP contribution in [0.2, 0.25) is 0 Å². The van der Waals surface area contributed by atoms with Gasteiger partial charge in [0, 0.05) is 44.3 Å². The number of benzene rings is 1. The average molecular weight is 595 g/mol. The Labute approximate surface area is 251 Å². The summed E-state index contributed by atoms with van der Waals surface area (Å²) in [6.45, 7) is 7.94. The second-order valence-electron chi connectivity index (χ2n) is 12.3. The maximum absolute atomic E-state index is 13.6. The highest BCUT2D eigenvalue weighted by atomic mass is 32.2. The smallest absolute Gasteiger partial charge is 0.273 e. The van der Waals surface area contributed by atoms with Crippen LogP contribution in [0.3, 0.4) is 0 Å². The van der Waals surface area contributed by atoms with Crippen LogP contribution >= 0.6 is 0 Å². The van der Waals surface area contributed by atoms with Gasteiger partial charge in [-0.1, -0.05) is 49.4 Å². The van der Waals surface area contributed by atoms with Crippen molar-refractivity contribution in [3.05, 3.63) is 60.1 Å². The first-order valence-corrected chi connectivity index (χ1v) is 17.3. The number of carbonyl (C=O) groups is 1. The number of aromatic nitrogens is 2. The van der Waals surface area contributed by atoms with E-state index in [0.717, 1.165) is 51.7 Å². The minimum atomic E-state index is -3.17. The summed E-state index contributed by atoms with van der Waals surface area (Å²) < 4.78 is 25.4. The first-order chi connectivity index (χ1) is 20.2. The fraction of sp³-hybridized carbons (Fsp3) is 0.594. The molecule has 228 valence electrons. The zero-order valence-corrected chi connectivity index (χ0v) is 25.9. The zero-order valence-electron chi connectivity index (χ0n) is 25.1. The van der Waals surface area contributed by atoms with Crippen LogP contribution in [-0.2, 0) is 10.0 Å². The average Bonchev–Trinajstić information content (AvgIpc) is 3.03. The van der Waals surface area contributed by atoms with Crippen molar-refractivity contribution < 1.29 is 13.2 Å². The molecule has 1 aromatic heterocycles. The van der Waals surface area contributed by atoms with E-state index in [1.165, 1.54) is 41.7 Å². The third kappa shape index (κ3) is 7.21. The quantitative estimate of drug-likeness (QED) is 0.458. The fourth-order valence-electron chi connectivity index (χ4n) is 7.11.